The van der Waals surface area contributed by atoms with Crippen LogP contribution in [0.25, 0.3) is 0 Å². The summed E-state index contributed by atoms with van der Waals surface area (Å²) in [6.07, 6.45) is 1.41. The third-order valence-electron chi connectivity index (χ3n) is 4.27. The fourth-order valence-electron chi connectivity index (χ4n) is 2.87. The van der Waals surface area contributed by atoms with Crippen molar-refractivity contribution in [1.29, 1.82) is 0 Å². The molecule has 0 spiro atoms. The Morgan fingerprint density at radius 2 is 2.18 bits per heavy atom. The lowest BCUT2D eigenvalue weighted by molar-refractivity contribution is -0.155. The van der Waals surface area contributed by atoms with Crippen molar-refractivity contribution in [2.75, 3.05) is 13.7 Å². The molecule has 0 aromatic heterocycles. The zero-order chi connectivity index (χ0) is 16.3. The van der Waals surface area contributed by atoms with Crippen LogP contribution < -0.4 is 4.74 Å². The summed E-state index contributed by atoms with van der Waals surface area (Å²) >= 11 is 0. The van der Waals surface area contributed by atoms with Gasteiger partial charge in [-0.2, -0.15) is 0 Å². The van der Waals surface area contributed by atoms with Crippen LogP contribution in [0.4, 0.5) is 4.39 Å². The second kappa shape index (κ2) is 6.34. The quantitative estimate of drug-likeness (QED) is 0.906. The predicted molar refractivity (Wildman–Crippen MR) is 78.3 cm³/mol. The second-order valence-electron chi connectivity index (χ2n) is 5.66. The van der Waals surface area contributed by atoms with Gasteiger partial charge in [0, 0.05) is 13.0 Å². The lowest BCUT2D eigenvalue weighted by Crippen LogP contribution is -2.50. The smallest absolute Gasteiger partial charge is 0.329 e. The summed E-state index contributed by atoms with van der Waals surface area (Å²) < 4.78 is 18.9. The topological polar surface area (TPSA) is 66.8 Å². The van der Waals surface area contributed by atoms with Crippen LogP contribution in [-0.4, -0.2) is 41.1 Å². The molecule has 1 aliphatic rings. The number of benzene rings is 1. The zero-order valence-corrected chi connectivity index (χ0v) is 12.8. The first kappa shape index (κ1) is 16.3. The van der Waals surface area contributed by atoms with Crippen molar-refractivity contribution >= 4 is 11.9 Å². The van der Waals surface area contributed by atoms with Gasteiger partial charge in [0.15, 0.2) is 11.6 Å². The van der Waals surface area contributed by atoms with Gasteiger partial charge in [-0.25, -0.2) is 9.18 Å². The highest BCUT2D eigenvalue weighted by Crippen LogP contribution is 2.30. The van der Waals surface area contributed by atoms with E-state index in [1.807, 2.05) is 0 Å². The first-order valence-electron chi connectivity index (χ1n) is 7.25. The molecule has 1 atom stereocenters. The monoisotopic (exact) mass is 309 g/mol. The largest absolute Gasteiger partial charge is 0.494 e. The third-order valence-corrected chi connectivity index (χ3v) is 4.27. The van der Waals surface area contributed by atoms with Crippen LogP contribution in [-0.2, 0) is 16.0 Å². The molecule has 1 heterocycles. The van der Waals surface area contributed by atoms with Crippen molar-refractivity contribution < 1.29 is 23.8 Å². The van der Waals surface area contributed by atoms with E-state index in [2.05, 4.69) is 0 Å². The number of aliphatic carboxylic acids is 1. The second-order valence-corrected chi connectivity index (χ2v) is 5.66. The summed E-state index contributed by atoms with van der Waals surface area (Å²) in [6.45, 7) is 1.99. The minimum absolute atomic E-state index is 0.0763. The SMILES string of the molecule is COc1cccc(CCC(=O)N2CCCC2(C)C(=O)O)c1F. The Morgan fingerprint density at radius 3 is 2.82 bits per heavy atom. The van der Waals surface area contributed by atoms with Crippen LogP contribution in [0.15, 0.2) is 18.2 Å². The van der Waals surface area contributed by atoms with Gasteiger partial charge in [-0.3, -0.25) is 4.79 Å². The number of carboxylic acids is 1. The number of hydrogen-bond donors (Lipinski definition) is 1. The molecule has 6 heteroatoms. The molecule has 0 aliphatic carbocycles. The molecule has 1 unspecified atom stereocenters. The highest BCUT2D eigenvalue weighted by atomic mass is 19.1. The van der Waals surface area contributed by atoms with Crippen molar-refractivity contribution in [1.82, 2.24) is 4.90 Å². The number of ether oxygens (including phenoxy) is 1. The van der Waals surface area contributed by atoms with Crippen LogP contribution in [0.3, 0.4) is 0 Å². The van der Waals surface area contributed by atoms with Crippen molar-refractivity contribution in [3.63, 3.8) is 0 Å². The fourth-order valence-corrected chi connectivity index (χ4v) is 2.87. The molecule has 5 nitrogen and oxygen atoms in total. The van der Waals surface area contributed by atoms with E-state index in [1.165, 1.54) is 18.1 Å². The molecule has 1 saturated heterocycles. The minimum atomic E-state index is -1.15. The van der Waals surface area contributed by atoms with E-state index in [1.54, 1.807) is 19.1 Å². The Hall–Kier alpha value is -2.11. The zero-order valence-electron chi connectivity index (χ0n) is 12.8. The fraction of sp³-hybridized carbons (Fsp3) is 0.500. The van der Waals surface area contributed by atoms with Crippen molar-refractivity contribution in [3.05, 3.63) is 29.6 Å². The van der Waals surface area contributed by atoms with E-state index >= 15 is 0 Å². The Bertz CT molecular complexity index is 590. The molecular formula is C16H20FNO4. The minimum Gasteiger partial charge on any atom is -0.494 e. The molecule has 1 aromatic carbocycles. The van der Waals surface area contributed by atoms with Crippen LogP contribution >= 0.6 is 0 Å². The maximum atomic E-state index is 14.0. The summed E-state index contributed by atoms with van der Waals surface area (Å²) in [5, 5.41) is 9.32. The molecule has 0 bridgehead atoms. The first-order valence-corrected chi connectivity index (χ1v) is 7.25. The number of aryl methyl sites for hydroxylation is 1. The Kier molecular flexibility index (Phi) is 4.68. The standard InChI is InChI=1S/C16H20FNO4/c1-16(15(20)21)9-4-10-18(16)13(19)8-7-11-5-3-6-12(22-2)14(11)17/h3,5-6H,4,7-10H2,1-2H3,(H,20,21). The van der Waals surface area contributed by atoms with Gasteiger partial charge in [-0.15, -0.1) is 0 Å². The highest BCUT2D eigenvalue weighted by Gasteiger charge is 2.45. The molecule has 1 fully saturated rings. The Balaban J connectivity index is 2.06. The number of nitrogens with zero attached hydrogens (tertiary/aromatic N) is 1. The predicted octanol–water partition coefficient (Wildman–Crippen LogP) is 2.23. The van der Waals surface area contributed by atoms with Crippen molar-refractivity contribution in [2.24, 2.45) is 0 Å². The van der Waals surface area contributed by atoms with Crippen molar-refractivity contribution in [3.8, 4) is 5.75 Å². The highest BCUT2D eigenvalue weighted by molar-refractivity contribution is 5.87. The number of likely N-dealkylation sites (tertiary alicyclic amines) is 1. The summed E-state index contributed by atoms with van der Waals surface area (Å²) in [7, 11) is 1.38. The summed E-state index contributed by atoms with van der Waals surface area (Å²) in [4.78, 5) is 25.1. The molecular weight excluding hydrogens is 289 g/mol. The van der Waals surface area contributed by atoms with Gasteiger partial charge in [0.2, 0.25) is 5.91 Å². The van der Waals surface area contributed by atoms with Gasteiger partial charge >= 0.3 is 5.97 Å². The number of carbonyl (C=O) groups is 2. The molecule has 0 radical (unpaired) electrons. The number of rotatable bonds is 5. The molecule has 1 aromatic rings. The lowest BCUT2D eigenvalue weighted by atomic mass is 9.98. The summed E-state index contributed by atoms with van der Waals surface area (Å²) in [5.74, 6) is -1.59. The van der Waals surface area contributed by atoms with Crippen LogP contribution in [0, 0.1) is 5.82 Å². The van der Waals surface area contributed by atoms with E-state index in [9.17, 15) is 19.1 Å². The molecule has 1 aliphatic heterocycles. The number of carboxylic acid groups (broad SMARTS) is 1. The maximum absolute atomic E-state index is 14.0. The van der Waals surface area contributed by atoms with E-state index in [4.69, 9.17) is 4.74 Å². The maximum Gasteiger partial charge on any atom is 0.329 e. The summed E-state index contributed by atoms with van der Waals surface area (Å²) in [5.41, 5.74) is -0.756. The van der Waals surface area contributed by atoms with E-state index in [0.29, 0.717) is 24.9 Å². The summed E-state index contributed by atoms with van der Waals surface area (Å²) in [6, 6.07) is 4.78. The molecule has 2 rings (SSSR count). The number of hydrogen-bond acceptors (Lipinski definition) is 3. The van der Waals surface area contributed by atoms with Gasteiger partial charge in [-0.05, 0) is 37.8 Å². The molecule has 22 heavy (non-hydrogen) atoms. The van der Waals surface area contributed by atoms with Crippen LogP contribution in [0.5, 0.6) is 5.75 Å². The van der Waals surface area contributed by atoms with E-state index < -0.39 is 17.3 Å². The average Bonchev–Trinajstić information content (AvgIpc) is 2.89. The first-order chi connectivity index (χ1) is 10.4. The molecule has 1 N–H and O–H groups in total. The van der Waals surface area contributed by atoms with Gasteiger partial charge in [0.05, 0.1) is 7.11 Å². The lowest BCUT2D eigenvalue weighted by Gasteiger charge is -2.31. The van der Waals surface area contributed by atoms with Gasteiger partial charge in [0.25, 0.3) is 0 Å². The number of amides is 1. The van der Waals surface area contributed by atoms with Crippen LogP contribution in [0.1, 0.15) is 31.7 Å². The number of methoxy groups -OCH3 is 1. The number of carbonyl (C=O) groups excluding carboxylic acids is 1. The van der Waals surface area contributed by atoms with Gasteiger partial charge < -0.3 is 14.7 Å². The third kappa shape index (κ3) is 2.91. The van der Waals surface area contributed by atoms with Gasteiger partial charge in [-0.1, -0.05) is 12.1 Å². The average molecular weight is 309 g/mol. The van der Waals surface area contributed by atoms with Crippen LogP contribution in [0.2, 0.25) is 0 Å². The molecule has 0 saturated carbocycles. The Labute approximate surface area is 128 Å². The van der Waals surface area contributed by atoms with Gasteiger partial charge in [0.1, 0.15) is 5.54 Å². The van der Waals surface area contributed by atoms with E-state index in [-0.39, 0.29) is 24.5 Å². The molecule has 1 amide bonds. The Morgan fingerprint density at radius 1 is 1.45 bits per heavy atom. The number of halogens is 1. The van der Waals surface area contributed by atoms with Crippen molar-refractivity contribution in [2.45, 2.75) is 38.1 Å². The van der Waals surface area contributed by atoms with E-state index in [0.717, 1.165) is 0 Å². The normalized spacial score (nSPS) is 21.0. The molecule has 120 valence electrons.